The molecule has 4 heteroatoms. The molecule has 0 aliphatic carbocycles. The third-order valence-electron chi connectivity index (χ3n) is 4.06. The molecule has 0 aromatic heterocycles. The lowest BCUT2D eigenvalue weighted by molar-refractivity contribution is 0.0908. The van der Waals surface area contributed by atoms with Gasteiger partial charge in [0.1, 0.15) is 5.75 Å². The van der Waals surface area contributed by atoms with Crippen LogP contribution in [0.2, 0.25) is 0 Å². The number of hydrogen-bond acceptors (Lipinski definition) is 3. The molecule has 0 unspecified atom stereocenters. The number of methoxy groups -OCH3 is 1. The van der Waals surface area contributed by atoms with Crippen molar-refractivity contribution in [1.29, 1.82) is 0 Å². The first kappa shape index (κ1) is 11.5. The number of rotatable bonds is 1. The summed E-state index contributed by atoms with van der Waals surface area (Å²) in [4.78, 5) is 12.3. The molecule has 1 aromatic rings. The Balaban J connectivity index is 1.95. The third-order valence-corrected chi connectivity index (χ3v) is 4.06. The second-order valence-electron chi connectivity index (χ2n) is 5.18. The van der Waals surface area contributed by atoms with E-state index < -0.39 is 0 Å². The lowest BCUT2D eigenvalue weighted by Crippen LogP contribution is -2.49. The highest BCUT2D eigenvalue weighted by Crippen LogP contribution is 2.28. The van der Waals surface area contributed by atoms with Crippen LogP contribution in [0.1, 0.15) is 28.8 Å². The molecular weight excluding hydrogens is 228 g/mol. The zero-order chi connectivity index (χ0) is 12.6. The van der Waals surface area contributed by atoms with Crippen LogP contribution in [0.5, 0.6) is 5.75 Å². The average molecular weight is 246 g/mol. The zero-order valence-corrected chi connectivity index (χ0v) is 10.6. The van der Waals surface area contributed by atoms with E-state index in [9.17, 15) is 4.79 Å². The number of amides is 1. The van der Waals surface area contributed by atoms with Gasteiger partial charge in [0.05, 0.1) is 12.6 Å². The van der Waals surface area contributed by atoms with E-state index in [4.69, 9.17) is 4.74 Å². The fourth-order valence-corrected chi connectivity index (χ4v) is 2.92. The van der Waals surface area contributed by atoms with E-state index in [1.807, 2.05) is 18.2 Å². The number of carbonyl (C=O) groups excluding carboxylic acids is 1. The molecule has 1 amide bonds. The molecule has 2 N–H and O–H groups in total. The molecule has 0 bridgehead atoms. The smallest absolute Gasteiger partial charge is 0.252 e. The van der Waals surface area contributed by atoms with Crippen LogP contribution >= 0.6 is 0 Å². The molecule has 1 atom stereocenters. The summed E-state index contributed by atoms with van der Waals surface area (Å²) in [6.07, 6.45) is 2.97. The molecule has 2 aliphatic rings. The van der Waals surface area contributed by atoms with Crippen LogP contribution in [0.15, 0.2) is 18.2 Å². The Morgan fingerprint density at radius 1 is 1.33 bits per heavy atom. The lowest BCUT2D eigenvalue weighted by atomic mass is 9.91. The van der Waals surface area contributed by atoms with Gasteiger partial charge in [0, 0.05) is 12.1 Å². The number of carbonyl (C=O) groups is 1. The van der Waals surface area contributed by atoms with Crippen molar-refractivity contribution in [2.24, 2.45) is 0 Å². The van der Waals surface area contributed by atoms with Crippen molar-refractivity contribution in [3.8, 4) is 5.75 Å². The summed E-state index contributed by atoms with van der Waals surface area (Å²) in [6, 6.07) is 5.78. The van der Waals surface area contributed by atoms with Crippen LogP contribution in [0.3, 0.4) is 0 Å². The summed E-state index contributed by atoms with van der Waals surface area (Å²) in [5.74, 6) is 0.773. The van der Waals surface area contributed by atoms with Crippen LogP contribution in [0.25, 0.3) is 0 Å². The van der Waals surface area contributed by atoms with E-state index in [1.165, 1.54) is 0 Å². The van der Waals surface area contributed by atoms with Crippen LogP contribution in [-0.4, -0.2) is 31.6 Å². The summed E-state index contributed by atoms with van der Waals surface area (Å²) in [6.45, 7) is 1.86. The molecule has 0 saturated carbocycles. The van der Waals surface area contributed by atoms with E-state index in [0.717, 1.165) is 49.2 Å². The maximum atomic E-state index is 12.3. The fraction of sp³-hybridized carbons (Fsp3) is 0.500. The molecule has 1 saturated heterocycles. The SMILES string of the molecule is COc1ccc2c(c1)C(=O)N[C@]1(CCNC1)CC2. The maximum Gasteiger partial charge on any atom is 0.252 e. The summed E-state index contributed by atoms with van der Waals surface area (Å²) in [5, 5.41) is 6.55. The Hall–Kier alpha value is -1.55. The van der Waals surface area contributed by atoms with Gasteiger partial charge in [-0.15, -0.1) is 0 Å². The average Bonchev–Trinajstić information content (AvgIpc) is 2.79. The Labute approximate surface area is 107 Å². The van der Waals surface area contributed by atoms with Gasteiger partial charge in [-0.2, -0.15) is 0 Å². The highest BCUT2D eigenvalue weighted by molar-refractivity contribution is 5.97. The number of nitrogens with one attached hydrogen (secondary N) is 2. The van der Waals surface area contributed by atoms with Gasteiger partial charge in [-0.3, -0.25) is 4.79 Å². The summed E-state index contributed by atoms with van der Waals surface area (Å²) in [5.41, 5.74) is 1.83. The molecule has 4 nitrogen and oxygen atoms in total. The molecule has 1 spiro atoms. The Morgan fingerprint density at radius 2 is 2.22 bits per heavy atom. The van der Waals surface area contributed by atoms with Gasteiger partial charge in [0.2, 0.25) is 0 Å². The predicted octanol–water partition coefficient (Wildman–Crippen LogP) is 1.10. The van der Waals surface area contributed by atoms with Crippen molar-refractivity contribution in [3.05, 3.63) is 29.3 Å². The van der Waals surface area contributed by atoms with Gasteiger partial charge in [0.15, 0.2) is 0 Å². The number of ether oxygens (including phenoxy) is 1. The molecule has 2 aliphatic heterocycles. The predicted molar refractivity (Wildman–Crippen MR) is 69.0 cm³/mol. The first-order valence-electron chi connectivity index (χ1n) is 6.43. The van der Waals surface area contributed by atoms with Gasteiger partial charge in [0.25, 0.3) is 5.91 Å². The minimum absolute atomic E-state index is 0.0325. The monoisotopic (exact) mass is 246 g/mol. The van der Waals surface area contributed by atoms with Crippen molar-refractivity contribution in [1.82, 2.24) is 10.6 Å². The maximum absolute atomic E-state index is 12.3. The van der Waals surface area contributed by atoms with E-state index in [2.05, 4.69) is 10.6 Å². The molecule has 96 valence electrons. The quantitative estimate of drug-likeness (QED) is 0.780. The zero-order valence-electron chi connectivity index (χ0n) is 10.6. The first-order valence-corrected chi connectivity index (χ1v) is 6.43. The minimum Gasteiger partial charge on any atom is -0.497 e. The molecular formula is C14H18N2O2. The molecule has 2 heterocycles. The largest absolute Gasteiger partial charge is 0.497 e. The summed E-state index contributed by atoms with van der Waals surface area (Å²) < 4.78 is 5.19. The minimum atomic E-state index is -0.0522. The highest BCUT2D eigenvalue weighted by Gasteiger charge is 2.37. The van der Waals surface area contributed by atoms with E-state index in [-0.39, 0.29) is 11.4 Å². The number of aryl methyl sites for hydroxylation is 1. The number of fused-ring (bicyclic) bond motifs is 1. The van der Waals surface area contributed by atoms with Crippen LogP contribution in [-0.2, 0) is 6.42 Å². The topological polar surface area (TPSA) is 50.4 Å². The summed E-state index contributed by atoms with van der Waals surface area (Å²) in [7, 11) is 1.62. The van der Waals surface area contributed by atoms with E-state index in [0.29, 0.717) is 0 Å². The van der Waals surface area contributed by atoms with Crippen LogP contribution < -0.4 is 15.4 Å². The van der Waals surface area contributed by atoms with Crippen molar-refractivity contribution < 1.29 is 9.53 Å². The molecule has 1 aromatic carbocycles. The Kier molecular flexibility index (Phi) is 2.74. The highest BCUT2D eigenvalue weighted by atomic mass is 16.5. The molecule has 18 heavy (non-hydrogen) atoms. The van der Waals surface area contributed by atoms with Crippen molar-refractivity contribution in [3.63, 3.8) is 0 Å². The molecule has 1 fully saturated rings. The number of hydrogen-bond donors (Lipinski definition) is 2. The van der Waals surface area contributed by atoms with E-state index in [1.54, 1.807) is 7.11 Å². The van der Waals surface area contributed by atoms with E-state index >= 15 is 0 Å². The second-order valence-corrected chi connectivity index (χ2v) is 5.18. The fourth-order valence-electron chi connectivity index (χ4n) is 2.92. The molecule has 3 rings (SSSR count). The van der Waals surface area contributed by atoms with Crippen molar-refractivity contribution in [2.45, 2.75) is 24.8 Å². The molecule has 0 radical (unpaired) electrons. The van der Waals surface area contributed by atoms with Crippen LogP contribution in [0.4, 0.5) is 0 Å². The van der Waals surface area contributed by atoms with Gasteiger partial charge < -0.3 is 15.4 Å². The normalized spacial score (nSPS) is 26.6. The first-order chi connectivity index (χ1) is 8.72. The Bertz CT molecular complexity index is 479. The van der Waals surface area contributed by atoms with Gasteiger partial charge in [-0.1, -0.05) is 6.07 Å². The van der Waals surface area contributed by atoms with Gasteiger partial charge in [-0.25, -0.2) is 0 Å². The Morgan fingerprint density at radius 3 is 2.94 bits per heavy atom. The van der Waals surface area contributed by atoms with Gasteiger partial charge in [-0.05, 0) is 43.5 Å². The standard InChI is InChI=1S/C14H18N2O2/c1-18-11-3-2-10-4-5-14(6-7-15-9-14)16-13(17)12(10)8-11/h2-3,8,15H,4-7,9H2,1H3,(H,16,17)/t14-/m0/s1. The third kappa shape index (κ3) is 1.86. The van der Waals surface area contributed by atoms with Crippen LogP contribution in [0, 0.1) is 0 Å². The number of benzene rings is 1. The van der Waals surface area contributed by atoms with Gasteiger partial charge >= 0.3 is 0 Å². The van der Waals surface area contributed by atoms with Crippen molar-refractivity contribution in [2.75, 3.05) is 20.2 Å². The lowest BCUT2D eigenvalue weighted by Gasteiger charge is -2.27. The second kappa shape index (κ2) is 4.28. The van der Waals surface area contributed by atoms with Crippen molar-refractivity contribution >= 4 is 5.91 Å². The summed E-state index contributed by atoms with van der Waals surface area (Å²) >= 11 is 0.